The van der Waals surface area contributed by atoms with E-state index in [9.17, 15) is 4.79 Å². The minimum Gasteiger partial charge on any atom is -0.475 e. The Bertz CT molecular complexity index is 1050. The van der Waals surface area contributed by atoms with Crippen LogP contribution in [0.5, 0.6) is 5.88 Å². The molecule has 0 aliphatic carbocycles. The van der Waals surface area contributed by atoms with Gasteiger partial charge in [-0.3, -0.25) is 4.79 Å². The van der Waals surface area contributed by atoms with Gasteiger partial charge in [0.25, 0.3) is 5.88 Å². The van der Waals surface area contributed by atoms with Crippen LogP contribution in [0.1, 0.15) is 38.7 Å². The molecule has 0 saturated carbocycles. The van der Waals surface area contributed by atoms with Crippen LogP contribution in [0.15, 0.2) is 48.5 Å². The van der Waals surface area contributed by atoms with Crippen LogP contribution in [0.4, 0.5) is 11.5 Å². The number of piperidine rings is 1. The summed E-state index contributed by atoms with van der Waals surface area (Å²) in [4.78, 5) is 24.7. The lowest BCUT2D eigenvalue weighted by Crippen LogP contribution is -2.41. The fourth-order valence-corrected chi connectivity index (χ4v) is 3.97. The SMILES string of the molecule is CCCOc1nc2ccccc2nc1N1CCC[C@H](C(=O)Nc2cccc(CC)c2)C1. The Hall–Kier alpha value is -3.15. The molecule has 0 bridgehead atoms. The van der Waals surface area contributed by atoms with Crippen LogP contribution in [0.3, 0.4) is 0 Å². The van der Waals surface area contributed by atoms with Crippen LogP contribution >= 0.6 is 0 Å². The highest BCUT2D eigenvalue weighted by atomic mass is 16.5. The van der Waals surface area contributed by atoms with Crippen molar-refractivity contribution in [2.45, 2.75) is 39.5 Å². The third-order valence-corrected chi connectivity index (χ3v) is 5.66. The molecule has 31 heavy (non-hydrogen) atoms. The molecule has 1 aromatic heterocycles. The fourth-order valence-electron chi connectivity index (χ4n) is 3.97. The summed E-state index contributed by atoms with van der Waals surface area (Å²) in [5.41, 5.74) is 3.73. The van der Waals surface area contributed by atoms with Crippen molar-refractivity contribution in [3.05, 3.63) is 54.1 Å². The molecular weight excluding hydrogens is 388 g/mol. The van der Waals surface area contributed by atoms with E-state index in [1.165, 1.54) is 5.56 Å². The van der Waals surface area contributed by atoms with Crippen molar-refractivity contribution in [2.24, 2.45) is 5.92 Å². The highest BCUT2D eigenvalue weighted by Gasteiger charge is 2.29. The van der Waals surface area contributed by atoms with E-state index in [0.29, 0.717) is 19.0 Å². The summed E-state index contributed by atoms with van der Waals surface area (Å²) in [6.07, 6.45) is 3.63. The molecule has 1 aliphatic heterocycles. The molecule has 1 fully saturated rings. The largest absolute Gasteiger partial charge is 0.475 e. The second-order valence-electron chi connectivity index (χ2n) is 8.02. The molecule has 162 valence electrons. The Kier molecular flexibility index (Phi) is 6.65. The van der Waals surface area contributed by atoms with Gasteiger partial charge in [-0.25, -0.2) is 9.97 Å². The molecule has 2 aromatic carbocycles. The van der Waals surface area contributed by atoms with Crippen molar-refractivity contribution in [1.82, 2.24) is 9.97 Å². The number of carbonyl (C=O) groups excluding carboxylic acids is 1. The molecule has 6 nitrogen and oxygen atoms in total. The summed E-state index contributed by atoms with van der Waals surface area (Å²) in [5.74, 6) is 1.24. The van der Waals surface area contributed by atoms with Gasteiger partial charge in [0.15, 0.2) is 5.82 Å². The number of anilines is 2. The third kappa shape index (κ3) is 4.95. The zero-order valence-corrected chi connectivity index (χ0v) is 18.3. The standard InChI is InChI=1S/C25H30N4O2/c1-3-15-31-25-23(27-21-12-5-6-13-22(21)28-25)29-14-8-10-19(17-29)24(30)26-20-11-7-9-18(4-2)16-20/h5-7,9,11-13,16,19H,3-4,8,10,14-15,17H2,1-2H3,(H,26,30)/t19-/m0/s1. The first-order valence-electron chi connectivity index (χ1n) is 11.2. The Morgan fingerprint density at radius 2 is 1.94 bits per heavy atom. The maximum atomic E-state index is 13.0. The average molecular weight is 419 g/mol. The summed E-state index contributed by atoms with van der Waals surface area (Å²) in [7, 11) is 0. The number of hydrogen-bond donors (Lipinski definition) is 1. The minimum absolute atomic E-state index is 0.0581. The maximum Gasteiger partial charge on any atom is 0.258 e. The lowest BCUT2D eigenvalue weighted by atomic mass is 9.97. The maximum absolute atomic E-state index is 13.0. The van der Waals surface area contributed by atoms with E-state index >= 15 is 0 Å². The number of rotatable bonds is 7. The van der Waals surface area contributed by atoms with Gasteiger partial charge in [-0.2, -0.15) is 0 Å². The smallest absolute Gasteiger partial charge is 0.258 e. The van der Waals surface area contributed by atoms with Crippen molar-refractivity contribution in [3.8, 4) is 5.88 Å². The molecule has 0 unspecified atom stereocenters. The Labute approximate surface area is 183 Å². The molecule has 2 heterocycles. The van der Waals surface area contributed by atoms with Gasteiger partial charge >= 0.3 is 0 Å². The first kappa shape index (κ1) is 21.1. The van der Waals surface area contributed by atoms with E-state index in [2.05, 4.69) is 30.1 Å². The predicted molar refractivity (Wildman–Crippen MR) is 125 cm³/mol. The Morgan fingerprint density at radius 1 is 1.13 bits per heavy atom. The van der Waals surface area contributed by atoms with Gasteiger partial charge in [-0.1, -0.05) is 38.1 Å². The fraction of sp³-hybridized carbons (Fsp3) is 0.400. The summed E-state index contributed by atoms with van der Waals surface area (Å²) >= 11 is 0. The first-order valence-corrected chi connectivity index (χ1v) is 11.2. The summed E-state index contributed by atoms with van der Waals surface area (Å²) in [6, 6.07) is 15.9. The van der Waals surface area contributed by atoms with Crippen LogP contribution < -0.4 is 15.0 Å². The zero-order chi connectivity index (χ0) is 21.6. The quantitative estimate of drug-likeness (QED) is 0.595. The zero-order valence-electron chi connectivity index (χ0n) is 18.3. The number of benzene rings is 2. The van der Waals surface area contributed by atoms with Crippen LogP contribution in [0.25, 0.3) is 11.0 Å². The molecule has 0 spiro atoms. The molecule has 4 rings (SSSR count). The number of nitrogens with one attached hydrogen (secondary N) is 1. The molecule has 6 heteroatoms. The summed E-state index contributed by atoms with van der Waals surface area (Å²) < 4.78 is 5.95. The highest BCUT2D eigenvalue weighted by Crippen LogP contribution is 2.31. The number of aryl methyl sites for hydroxylation is 1. The Morgan fingerprint density at radius 3 is 2.71 bits per heavy atom. The van der Waals surface area contributed by atoms with Crippen molar-refractivity contribution >= 4 is 28.4 Å². The van der Waals surface area contributed by atoms with E-state index in [1.54, 1.807) is 0 Å². The molecule has 1 N–H and O–H groups in total. The lowest BCUT2D eigenvalue weighted by molar-refractivity contribution is -0.120. The minimum atomic E-state index is -0.105. The number of ether oxygens (including phenoxy) is 1. The van der Waals surface area contributed by atoms with E-state index in [0.717, 1.165) is 54.8 Å². The number of fused-ring (bicyclic) bond motifs is 1. The van der Waals surface area contributed by atoms with Gasteiger partial charge in [0.1, 0.15) is 0 Å². The molecule has 1 aliphatic rings. The van der Waals surface area contributed by atoms with Gasteiger partial charge in [-0.05, 0) is 55.5 Å². The highest BCUT2D eigenvalue weighted by molar-refractivity contribution is 5.93. The number of nitrogens with zero attached hydrogens (tertiary/aromatic N) is 3. The van der Waals surface area contributed by atoms with Gasteiger partial charge in [0.05, 0.1) is 23.6 Å². The van der Waals surface area contributed by atoms with Crippen molar-refractivity contribution in [2.75, 3.05) is 29.9 Å². The molecular formula is C25H30N4O2. The monoisotopic (exact) mass is 418 g/mol. The second-order valence-corrected chi connectivity index (χ2v) is 8.02. The lowest BCUT2D eigenvalue weighted by Gasteiger charge is -2.33. The molecule has 0 radical (unpaired) electrons. The van der Waals surface area contributed by atoms with Crippen molar-refractivity contribution in [3.63, 3.8) is 0 Å². The number of hydrogen-bond acceptors (Lipinski definition) is 5. The average Bonchev–Trinajstić information content (AvgIpc) is 2.82. The summed E-state index contributed by atoms with van der Waals surface area (Å²) in [6.45, 7) is 6.22. The van der Waals surface area contributed by atoms with E-state index < -0.39 is 0 Å². The van der Waals surface area contributed by atoms with Crippen molar-refractivity contribution in [1.29, 1.82) is 0 Å². The van der Waals surface area contributed by atoms with E-state index in [-0.39, 0.29) is 11.8 Å². The molecule has 1 amide bonds. The van der Waals surface area contributed by atoms with Crippen LogP contribution in [-0.2, 0) is 11.2 Å². The molecule has 3 aromatic rings. The summed E-state index contributed by atoms with van der Waals surface area (Å²) in [5, 5.41) is 3.10. The van der Waals surface area contributed by atoms with E-state index in [1.807, 2.05) is 42.5 Å². The van der Waals surface area contributed by atoms with Crippen molar-refractivity contribution < 1.29 is 9.53 Å². The van der Waals surface area contributed by atoms with Crippen LogP contribution in [0, 0.1) is 5.92 Å². The molecule has 1 atom stereocenters. The van der Waals surface area contributed by atoms with Crippen LogP contribution in [-0.4, -0.2) is 35.6 Å². The van der Waals surface area contributed by atoms with E-state index in [4.69, 9.17) is 14.7 Å². The topological polar surface area (TPSA) is 67.4 Å². The van der Waals surface area contributed by atoms with Gasteiger partial charge in [0, 0.05) is 18.8 Å². The number of amides is 1. The van der Waals surface area contributed by atoms with Gasteiger partial charge in [0.2, 0.25) is 5.91 Å². The number of carbonyl (C=O) groups is 1. The second kappa shape index (κ2) is 9.77. The normalized spacial score (nSPS) is 16.3. The Balaban J connectivity index is 1.54. The predicted octanol–water partition coefficient (Wildman–Crippen LogP) is 4.84. The third-order valence-electron chi connectivity index (χ3n) is 5.66. The van der Waals surface area contributed by atoms with Gasteiger partial charge in [-0.15, -0.1) is 0 Å². The first-order chi connectivity index (χ1) is 15.2. The molecule has 1 saturated heterocycles. The van der Waals surface area contributed by atoms with Crippen LogP contribution in [0.2, 0.25) is 0 Å². The number of para-hydroxylation sites is 2. The van der Waals surface area contributed by atoms with Gasteiger partial charge < -0.3 is 15.0 Å². The number of aromatic nitrogens is 2.